The molecule has 1 amide bonds. The van der Waals surface area contributed by atoms with Crippen LogP contribution in [0.4, 0.5) is 0 Å². The monoisotopic (exact) mass is 414 g/mol. The van der Waals surface area contributed by atoms with Crippen molar-refractivity contribution in [2.24, 2.45) is 0 Å². The van der Waals surface area contributed by atoms with E-state index in [9.17, 15) is 9.59 Å². The van der Waals surface area contributed by atoms with Gasteiger partial charge in [-0.25, -0.2) is 0 Å². The van der Waals surface area contributed by atoms with E-state index in [0.717, 1.165) is 48.2 Å². The Morgan fingerprint density at radius 3 is 2.93 bits per heavy atom. The van der Waals surface area contributed by atoms with Crippen LogP contribution in [0.2, 0.25) is 0 Å². The fourth-order valence-corrected chi connectivity index (χ4v) is 4.74. The van der Waals surface area contributed by atoms with Crippen molar-refractivity contribution in [3.8, 4) is 5.75 Å². The molecule has 0 unspecified atom stereocenters. The maximum Gasteiger partial charge on any atom is 0.323 e. The average molecular weight is 415 g/mol. The summed E-state index contributed by atoms with van der Waals surface area (Å²) in [5, 5.41) is 3.80. The van der Waals surface area contributed by atoms with Gasteiger partial charge in [0.2, 0.25) is 0 Å². The molecule has 0 saturated carbocycles. The molecule has 7 heteroatoms. The smallest absolute Gasteiger partial charge is 0.323 e. The van der Waals surface area contributed by atoms with Crippen LogP contribution in [0, 0.1) is 0 Å². The van der Waals surface area contributed by atoms with Crippen LogP contribution in [0.1, 0.15) is 40.7 Å². The van der Waals surface area contributed by atoms with E-state index in [1.807, 2.05) is 27.8 Å². The summed E-state index contributed by atoms with van der Waals surface area (Å²) in [5.41, 5.74) is 2.85. The van der Waals surface area contributed by atoms with E-state index in [4.69, 9.17) is 9.47 Å². The van der Waals surface area contributed by atoms with Crippen molar-refractivity contribution in [3.05, 3.63) is 51.7 Å². The molecular formula is C22H26N2O4S. The number of thiophene rings is 1. The number of fused-ring (bicyclic) bond motifs is 1. The predicted octanol–water partition coefficient (Wildman–Crippen LogP) is 3.31. The number of benzene rings is 1. The zero-order chi connectivity index (χ0) is 20.2. The number of likely N-dealkylation sites (tertiary alicyclic amines) is 1. The van der Waals surface area contributed by atoms with Crippen molar-refractivity contribution in [1.29, 1.82) is 0 Å². The third-order valence-electron chi connectivity index (χ3n) is 5.63. The number of ether oxygens (including phenoxy) is 2. The van der Waals surface area contributed by atoms with Crippen molar-refractivity contribution >= 4 is 23.2 Å². The topological polar surface area (TPSA) is 59.1 Å². The van der Waals surface area contributed by atoms with Gasteiger partial charge in [0.05, 0.1) is 19.2 Å². The quantitative estimate of drug-likeness (QED) is 0.719. The number of hydrogen-bond donors (Lipinski definition) is 0. The van der Waals surface area contributed by atoms with Gasteiger partial charge in [0.1, 0.15) is 18.4 Å². The largest absolute Gasteiger partial charge is 0.491 e. The summed E-state index contributed by atoms with van der Waals surface area (Å²) >= 11 is 1.53. The van der Waals surface area contributed by atoms with Crippen molar-refractivity contribution in [1.82, 2.24) is 9.80 Å². The summed E-state index contributed by atoms with van der Waals surface area (Å²) in [6.07, 6.45) is 2.97. The number of esters is 1. The third-order valence-corrected chi connectivity index (χ3v) is 6.32. The summed E-state index contributed by atoms with van der Waals surface area (Å²) in [7, 11) is 1.45. The number of piperidine rings is 1. The van der Waals surface area contributed by atoms with E-state index in [1.54, 1.807) is 0 Å². The minimum Gasteiger partial charge on any atom is -0.491 e. The molecule has 0 N–H and O–H groups in total. The first-order valence-electron chi connectivity index (χ1n) is 10.0. The van der Waals surface area contributed by atoms with Crippen LogP contribution in [0.15, 0.2) is 35.0 Å². The van der Waals surface area contributed by atoms with Crippen LogP contribution in [-0.2, 0) is 22.6 Å². The van der Waals surface area contributed by atoms with Gasteiger partial charge in [-0.2, -0.15) is 11.3 Å². The lowest BCUT2D eigenvalue weighted by Gasteiger charge is -2.33. The number of amides is 1. The summed E-state index contributed by atoms with van der Waals surface area (Å²) < 4.78 is 10.9. The normalized spacial score (nSPS) is 19.8. The van der Waals surface area contributed by atoms with Crippen molar-refractivity contribution in [2.75, 3.05) is 26.8 Å². The van der Waals surface area contributed by atoms with Crippen LogP contribution >= 0.6 is 11.3 Å². The maximum atomic E-state index is 12.8. The van der Waals surface area contributed by atoms with Gasteiger partial charge >= 0.3 is 5.97 Å². The molecule has 0 bridgehead atoms. The molecule has 2 aliphatic rings. The third kappa shape index (κ3) is 4.46. The first kappa shape index (κ1) is 19.9. The van der Waals surface area contributed by atoms with Gasteiger partial charge in [0, 0.05) is 24.0 Å². The predicted molar refractivity (Wildman–Crippen MR) is 111 cm³/mol. The molecule has 1 atom stereocenters. The standard InChI is InChI=1S/C22H26N2O4S/c1-27-22(26)19-4-2-3-8-23(19)13-16-5-6-20-18(12-16)14-24(9-10-28-20)21(25)17-7-11-29-15-17/h5-7,11-12,15,19H,2-4,8-10,13-14H2,1H3/t19-/m1/s1. The van der Waals surface area contributed by atoms with E-state index in [0.29, 0.717) is 26.2 Å². The van der Waals surface area contributed by atoms with Crippen LogP contribution in [0.3, 0.4) is 0 Å². The SMILES string of the molecule is COC(=O)[C@H]1CCCCN1Cc1ccc2c(c1)CN(C(=O)c1ccsc1)CCO2. The minimum atomic E-state index is -0.180. The Morgan fingerprint density at radius 1 is 1.24 bits per heavy atom. The van der Waals surface area contributed by atoms with Crippen LogP contribution in [-0.4, -0.2) is 54.5 Å². The minimum absolute atomic E-state index is 0.0369. The molecule has 1 fully saturated rings. The zero-order valence-corrected chi connectivity index (χ0v) is 17.5. The molecule has 0 radical (unpaired) electrons. The van der Waals surface area contributed by atoms with Gasteiger partial charge in [-0.15, -0.1) is 0 Å². The van der Waals surface area contributed by atoms with Crippen molar-refractivity contribution in [3.63, 3.8) is 0 Å². The number of rotatable bonds is 4. The fraction of sp³-hybridized carbons (Fsp3) is 0.455. The highest BCUT2D eigenvalue weighted by atomic mass is 32.1. The molecule has 6 nitrogen and oxygen atoms in total. The van der Waals surface area contributed by atoms with Gasteiger partial charge in [0.25, 0.3) is 5.91 Å². The second-order valence-corrected chi connectivity index (χ2v) is 8.31. The lowest BCUT2D eigenvalue weighted by molar-refractivity contribution is -0.148. The van der Waals surface area contributed by atoms with Crippen LogP contribution < -0.4 is 4.74 Å². The second kappa shape index (κ2) is 8.97. The summed E-state index contributed by atoms with van der Waals surface area (Å²) in [6.45, 7) is 3.15. The molecule has 0 aliphatic carbocycles. The number of carbonyl (C=O) groups is 2. The molecule has 1 aromatic heterocycles. The van der Waals surface area contributed by atoms with E-state index in [2.05, 4.69) is 17.0 Å². The maximum absolute atomic E-state index is 12.8. The fourth-order valence-electron chi connectivity index (χ4n) is 4.11. The molecule has 2 aliphatic heterocycles. The molecule has 3 heterocycles. The highest BCUT2D eigenvalue weighted by molar-refractivity contribution is 7.08. The summed E-state index contributed by atoms with van der Waals surface area (Å²) in [5.74, 6) is 0.711. The molecule has 29 heavy (non-hydrogen) atoms. The number of nitrogens with zero attached hydrogens (tertiary/aromatic N) is 2. The van der Waals surface area contributed by atoms with E-state index >= 15 is 0 Å². The summed E-state index contributed by atoms with van der Waals surface area (Å²) in [4.78, 5) is 29.0. The van der Waals surface area contributed by atoms with E-state index < -0.39 is 0 Å². The Morgan fingerprint density at radius 2 is 2.14 bits per heavy atom. The molecule has 1 saturated heterocycles. The zero-order valence-electron chi connectivity index (χ0n) is 16.6. The van der Waals surface area contributed by atoms with Crippen molar-refractivity contribution < 1.29 is 19.1 Å². The first-order chi connectivity index (χ1) is 14.2. The Hall–Kier alpha value is -2.38. The van der Waals surface area contributed by atoms with E-state index in [1.165, 1.54) is 18.4 Å². The lowest BCUT2D eigenvalue weighted by Crippen LogP contribution is -2.44. The first-order valence-corrected chi connectivity index (χ1v) is 11.0. The van der Waals surface area contributed by atoms with Crippen LogP contribution in [0.25, 0.3) is 0 Å². The van der Waals surface area contributed by atoms with Gasteiger partial charge in [-0.1, -0.05) is 12.5 Å². The molecule has 2 aromatic rings. The Labute approximate surface area is 175 Å². The summed E-state index contributed by atoms with van der Waals surface area (Å²) in [6, 6.07) is 7.83. The van der Waals surface area contributed by atoms with Gasteiger partial charge in [-0.3, -0.25) is 14.5 Å². The van der Waals surface area contributed by atoms with E-state index in [-0.39, 0.29) is 17.9 Å². The molecule has 4 rings (SSSR count). The lowest BCUT2D eigenvalue weighted by atomic mass is 10.0. The Bertz CT molecular complexity index is 868. The second-order valence-electron chi connectivity index (χ2n) is 7.53. The molecule has 1 aromatic carbocycles. The van der Waals surface area contributed by atoms with Crippen molar-refractivity contribution in [2.45, 2.75) is 38.4 Å². The Balaban J connectivity index is 1.51. The number of methoxy groups -OCH3 is 1. The van der Waals surface area contributed by atoms with Crippen LogP contribution in [0.5, 0.6) is 5.75 Å². The van der Waals surface area contributed by atoms with Gasteiger partial charge in [-0.05, 0) is 48.5 Å². The Kier molecular flexibility index (Phi) is 6.16. The highest BCUT2D eigenvalue weighted by Crippen LogP contribution is 2.27. The molecule has 154 valence electrons. The number of carbonyl (C=O) groups excluding carboxylic acids is 2. The highest BCUT2D eigenvalue weighted by Gasteiger charge is 2.29. The molecular weight excluding hydrogens is 388 g/mol. The van der Waals surface area contributed by atoms with Gasteiger partial charge < -0.3 is 14.4 Å². The average Bonchev–Trinajstić information content (AvgIpc) is 3.20. The molecule has 0 spiro atoms. The van der Waals surface area contributed by atoms with Gasteiger partial charge in [0.15, 0.2) is 0 Å². The number of hydrogen-bond acceptors (Lipinski definition) is 6.